The van der Waals surface area contributed by atoms with Crippen molar-refractivity contribution < 1.29 is 22.8 Å². The lowest BCUT2D eigenvalue weighted by Crippen LogP contribution is -2.39. The summed E-state index contributed by atoms with van der Waals surface area (Å²) < 4.78 is 26.0. The molecule has 4 atom stereocenters. The van der Waals surface area contributed by atoms with Gasteiger partial charge in [-0.2, -0.15) is 0 Å². The molecule has 1 N–H and O–H groups in total. The molecule has 1 aliphatic heterocycles. The van der Waals surface area contributed by atoms with E-state index < -0.39 is 15.9 Å². The van der Waals surface area contributed by atoms with E-state index in [0.29, 0.717) is 11.3 Å². The molecule has 1 aromatic carbocycles. The van der Waals surface area contributed by atoms with Crippen LogP contribution in [-0.4, -0.2) is 56.0 Å². The molecule has 1 saturated heterocycles. The van der Waals surface area contributed by atoms with Crippen LogP contribution in [0.1, 0.15) is 12.0 Å². The summed E-state index contributed by atoms with van der Waals surface area (Å²) in [7, 11) is -0.797. The molecule has 29 heavy (non-hydrogen) atoms. The molecule has 0 unspecified atom stereocenters. The lowest BCUT2D eigenvalue weighted by Gasteiger charge is -2.18. The number of carbonyl (C=O) groups is 3. The minimum absolute atomic E-state index is 0.0883. The Kier molecular flexibility index (Phi) is 4.62. The molecule has 1 aromatic rings. The third kappa shape index (κ3) is 3.08. The van der Waals surface area contributed by atoms with E-state index >= 15 is 0 Å². The molecule has 2 aliphatic carbocycles. The van der Waals surface area contributed by atoms with Crippen molar-refractivity contribution in [2.45, 2.75) is 18.2 Å². The number of sulfonamides is 1. The Bertz CT molecular complexity index is 1020. The minimum atomic E-state index is -3.67. The predicted octanol–water partition coefficient (Wildman–Crippen LogP) is 0.991. The molecule has 154 valence electrons. The molecule has 9 heteroatoms. The summed E-state index contributed by atoms with van der Waals surface area (Å²) in [6.45, 7) is 1.30. The Labute approximate surface area is 169 Å². The topological polar surface area (TPSA) is 104 Å². The van der Waals surface area contributed by atoms with Gasteiger partial charge in [0.05, 0.1) is 16.7 Å². The maximum Gasteiger partial charge on any atom is 0.244 e. The third-order valence-corrected chi connectivity index (χ3v) is 8.05. The first-order valence-electron chi connectivity index (χ1n) is 9.48. The highest BCUT2D eigenvalue weighted by Gasteiger charge is 2.59. The number of benzene rings is 1. The van der Waals surface area contributed by atoms with Crippen LogP contribution >= 0.6 is 0 Å². The zero-order valence-corrected chi connectivity index (χ0v) is 17.3. The third-order valence-electron chi connectivity index (χ3n) is 6.09. The standard InChI is InChI=1S/C20H23N3O5S/c1-11-4-7-14(9-15(11)29(27,28)22(2)3)21-16(24)10-23-19(25)17-12-5-6-13(8-12)18(17)20(23)26/h4-7,9,12-13,17-18H,8,10H2,1-3H3,(H,21,24)/t12-,13-,17-,18-/m0/s1. The Hall–Kier alpha value is -2.52. The minimum Gasteiger partial charge on any atom is -0.324 e. The smallest absolute Gasteiger partial charge is 0.244 e. The SMILES string of the molecule is Cc1ccc(NC(=O)CN2C(=O)[C@@H]3[C@@H](C2=O)[C@H]2C=C[C@H]3C2)cc1S(=O)(=O)N(C)C. The van der Waals surface area contributed by atoms with E-state index in [9.17, 15) is 22.8 Å². The van der Waals surface area contributed by atoms with Crippen molar-refractivity contribution in [3.63, 3.8) is 0 Å². The quantitative estimate of drug-likeness (QED) is 0.568. The second-order valence-electron chi connectivity index (χ2n) is 8.08. The van der Waals surface area contributed by atoms with Gasteiger partial charge in [-0.15, -0.1) is 0 Å². The fourth-order valence-electron chi connectivity index (χ4n) is 4.62. The Morgan fingerprint density at radius 1 is 1.14 bits per heavy atom. The molecule has 3 amide bonds. The zero-order chi connectivity index (χ0) is 21.1. The number of carbonyl (C=O) groups excluding carboxylic acids is 3. The van der Waals surface area contributed by atoms with Gasteiger partial charge in [-0.1, -0.05) is 18.2 Å². The molecule has 0 aromatic heterocycles. The Morgan fingerprint density at radius 3 is 2.28 bits per heavy atom. The molecular weight excluding hydrogens is 394 g/mol. The summed E-state index contributed by atoms with van der Waals surface area (Å²) in [5, 5.41) is 2.61. The number of nitrogens with zero attached hydrogens (tertiary/aromatic N) is 2. The van der Waals surface area contributed by atoms with Crippen molar-refractivity contribution in [2.24, 2.45) is 23.7 Å². The van der Waals surface area contributed by atoms with Crippen molar-refractivity contribution >= 4 is 33.4 Å². The van der Waals surface area contributed by atoms with Crippen LogP contribution in [0.25, 0.3) is 0 Å². The van der Waals surface area contributed by atoms with Crippen LogP contribution in [0.2, 0.25) is 0 Å². The van der Waals surface area contributed by atoms with Gasteiger partial charge in [0.15, 0.2) is 0 Å². The van der Waals surface area contributed by atoms with Crippen LogP contribution in [0, 0.1) is 30.6 Å². The van der Waals surface area contributed by atoms with Crippen LogP contribution < -0.4 is 5.32 Å². The molecular formula is C20H23N3O5S. The molecule has 2 bridgehead atoms. The monoisotopic (exact) mass is 417 g/mol. The summed E-state index contributed by atoms with van der Waals surface area (Å²) in [5.41, 5.74) is 0.847. The summed E-state index contributed by atoms with van der Waals surface area (Å²) in [6.07, 6.45) is 4.83. The summed E-state index contributed by atoms with van der Waals surface area (Å²) in [4.78, 5) is 39.0. The molecule has 0 spiro atoms. The number of anilines is 1. The van der Waals surface area contributed by atoms with E-state index in [0.717, 1.165) is 15.6 Å². The maximum absolute atomic E-state index is 12.7. The van der Waals surface area contributed by atoms with Gasteiger partial charge in [-0.25, -0.2) is 12.7 Å². The highest BCUT2D eigenvalue weighted by molar-refractivity contribution is 7.89. The van der Waals surface area contributed by atoms with Crippen LogP contribution in [0.5, 0.6) is 0 Å². The lowest BCUT2D eigenvalue weighted by molar-refractivity contribution is -0.143. The first-order chi connectivity index (χ1) is 13.6. The van der Waals surface area contributed by atoms with Gasteiger partial charge in [0.1, 0.15) is 6.54 Å². The van der Waals surface area contributed by atoms with Gasteiger partial charge in [-0.3, -0.25) is 19.3 Å². The first kappa shape index (κ1) is 19.8. The van der Waals surface area contributed by atoms with E-state index in [1.807, 2.05) is 12.2 Å². The number of amides is 3. The predicted molar refractivity (Wildman–Crippen MR) is 105 cm³/mol. The molecule has 4 rings (SSSR count). The number of hydrogen-bond acceptors (Lipinski definition) is 5. The van der Waals surface area contributed by atoms with E-state index in [-0.39, 0.29) is 46.9 Å². The molecule has 1 heterocycles. The molecule has 3 aliphatic rings. The van der Waals surface area contributed by atoms with Gasteiger partial charge in [0.25, 0.3) is 0 Å². The Morgan fingerprint density at radius 2 is 1.72 bits per heavy atom. The van der Waals surface area contributed by atoms with Gasteiger partial charge >= 0.3 is 0 Å². The first-order valence-corrected chi connectivity index (χ1v) is 10.9. The maximum atomic E-state index is 12.7. The second-order valence-corrected chi connectivity index (χ2v) is 10.2. The number of allylic oxidation sites excluding steroid dienone is 2. The Balaban J connectivity index is 1.49. The molecule has 8 nitrogen and oxygen atoms in total. The van der Waals surface area contributed by atoms with Crippen molar-refractivity contribution in [1.29, 1.82) is 0 Å². The van der Waals surface area contributed by atoms with E-state index in [1.54, 1.807) is 19.1 Å². The van der Waals surface area contributed by atoms with Crippen LogP contribution in [-0.2, 0) is 24.4 Å². The van der Waals surface area contributed by atoms with Crippen molar-refractivity contribution in [3.05, 3.63) is 35.9 Å². The van der Waals surface area contributed by atoms with Crippen molar-refractivity contribution in [2.75, 3.05) is 26.0 Å². The van der Waals surface area contributed by atoms with E-state index in [1.165, 1.54) is 20.2 Å². The number of rotatable bonds is 5. The van der Waals surface area contributed by atoms with Crippen LogP contribution in [0.3, 0.4) is 0 Å². The number of aryl methyl sites for hydroxylation is 1. The number of likely N-dealkylation sites (tertiary alicyclic amines) is 1. The van der Waals surface area contributed by atoms with Gasteiger partial charge in [0, 0.05) is 19.8 Å². The van der Waals surface area contributed by atoms with Crippen molar-refractivity contribution in [3.8, 4) is 0 Å². The average molecular weight is 417 g/mol. The normalized spacial score (nSPS) is 27.8. The van der Waals surface area contributed by atoms with E-state index in [4.69, 9.17) is 0 Å². The fraction of sp³-hybridized carbons (Fsp3) is 0.450. The largest absolute Gasteiger partial charge is 0.324 e. The van der Waals surface area contributed by atoms with Gasteiger partial charge in [0.2, 0.25) is 27.7 Å². The zero-order valence-electron chi connectivity index (χ0n) is 16.5. The molecule has 2 fully saturated rings. The van der Waals surface area contributed by atoms with Gasteiger partial charge < -0.3 is 5.32 Å². The molecule has 1 saturated carbocycles. The average Bonchev–Trinajstić information content (AvgIpc) is 3.33. The summed E-state index contributed by atoms with van der Waals surface area (Å²) >= 11 is 0. The number of fused-ring (bicyclic) bond motifs is 5. The van der Waals surface area contributed by atoms with Crippen LogP contribution in [0.15, 0.2) is 35.2 Å². The second kappa shape index (κ2) is 6.77. The number of nitrogens with one attached hydrogen (secondary N) is 1. The van der Waals surface area contributed by atoms with Crippen molar-refractivity contribution in [1.82, 2.24) is 9.21 Å². The molecule has 0 radical (unpaired) electrons. The number of hydrogen-bond donors (Lipinski definition) is 1. The lowest BCUT2D eigenvalue weighted by atomic mass is 9.85. The van der Waals surface area contributed by atoms with E-state index in [2.05, 4.69) is 5.32 Å². The fourth-order valence-corrected chi connectivity index (χ4v) is 5.76. The van der Waals surface area contributed by atoms with Gasteiger partial charge in [-0.05, 0) is 42.9 Å². The summed E-state index contributed by atoms with van der Waals surface area (Å²) in [6, 6.07) is 4.58. The highest BCUT2D eigenvalue weighted by atomic mass is 32.2. The highest BCUT2D eigenvalue weighted by Crippen LogP contribution is 2.52. The number of imide groups is 1. The van der Waals surface area contributed by atoms with Crippen LogP contribution in [0.4, 0.5) is 5.69 Å². The summed E-state index contributed by atoms with van der Waals surface area (Å²) in [5.74, 6) is -1.62.